The Kier molecular flexibility index (Phi) is 13.2. The molecule has 16 nitrogen and oxygen atoms in total. The van der Waals surface area contributed by atoms with E-state index in [1.165, 1.54) is 12.5 Å². The lowest BCUT2D eigenvalue weighted by Crippen LogP contribution is -2.58. The summed E-state index contributed by atoms with van der Waals surface area (Å²) in [5, 5.41) is 25.8. The number of hydrogen-bond donors (Lipinski definition) is 9. The molecule has 1 rings (SSSR count). The molecule has 0 bridgehead atoms. The van der Waals surface area contributed by atoms with E-state index in [0.717, 1.165) is 0 Å². The Hall–Kier alpha value is -4.21. The number of nitrogens with zero attached hydrogens (tertiary/aromatic N) is 2. The second-order valence-electron chi connectivity index (χ2n) is 8.76. The molecule has 0 aromatic carbocycles. The number of carboxylic acids is 2. The standard InChI is InChI=1S/C22H37N9O7/c1-3-11(2)17(23)20(36)31-14(7-12-9-26-10-28-12)18(34)30-15(8-16(32)33)19(35)29-13(21(37)38)5-4-6-27-22(24)25/h9-11,13-15,17H,3-8,23H2,1-2H3,(H,26,28)(H,29,35)(H,30,34)(H,31,36)(H,32,33)(H,37,38)(H4,24,25,27). The summed E-state index contributed by atoms with van der Waals surface area (Å²) in [5.74, 6) is -5.65. The van der Waals surface area contributed by atoms with Crippen LogP contribution in [0, 0.1) is 5.92 Å². The van der Waals surface area contributed by atoms with Crippen LogP contribution >= 0.6 is 0 Å². The van der Waals surface area contributed by atoms with Gasteiger partial charge in [0.2, 0.25) is 17.7 Å². The predicted octanol–water partition coefficient (Wildman–Crippen LogP) is -2.61. The van der Waals surface area contributed by atoms with Crippen LogP contribution in [0.3, 0.4) is 0 Å². The minimum Gasteiger partial charge on any atom is -0.481 e. The first kappa shape index (κ1) is 31.8. The van der Waals surface area contributed by atoms with Crippen LogP contribution in [0.1, 0.15) is 45.2 Å². The third-order valence-electron chi connectivity index (χ3n) is 5.74. The average Bonchev–Trinajstić information content (AvgIpc) is 3.36. The van der Waals surface area contributed by atoms with Gasteiger partial charge in [0.1, 0.15) is 18.1 Å². The zero-order valence-corrected chi connectivity index (χ0v) is 21.3. The number of aliphatic carboxylic acids is 2. The highest BCUT2D eigenvalue weighted by Crippen LogP contribution is 2.08. The Morgan fingerprint density at radius 2 is 1.63 bits per heavy atom. The van der Waals surface area contributed by atoms with Crippen molar-refractivity contribution in [3.63, 3.8) is 0 Å². The Morgan fingerprint density at radius 3 is 2.16 bits per heavy atom. The molecule has 3 amide bonds. The molecule has 0 aliphatic rings. The average molecular weight is 540 g/mol. The molecule has 0 saturated heterocycles. The molecule has 1 heterocycles. The molecule has 0 aliphatic heterocycles. The topological polar surface area (TPSA) is 281 Å². The van der Waals surface area contributed by atoms with Gasteiger partial charge in [0.05, 0.1) is 18.8 Å². The van der Waals surface area contributed by atoms with E-state index in [1.54, 1.807) is 6.92 Å². The molecule has 16 heteroatoms. The third-order valence-corrected chi connectivity index (χ3v) is 5.74. The summed E-state index contributed by atoms with van der Waals surface area (Å²) in [6.07, 6.45) is 2.67. The summed E-state index contributed by atoms with van der Waals surface area (Å²) in [6, 6.07) is -5.18. The van der Waals surface area contributed by atoms with E-state index in [1.807, 2.05) is 6.92 Å². The van der Waals surface area contributed by atoms with Gasteiger partial charge in [0, 0.05) is 24.9 Å². The van der Waals surface area contributed by atoms with Gasteiger partial charge in [-0.25, -0.2) is 9.78 Å². The molecule has 212 valence electrons. The van der Waals surface area contributed by atoms with Gasteiger partial charge in [-0.1, -0.05) is 20.3 Å². The molecule has 1 aromatic heterocycles. The highest BCUT2D eigenvalue weighted by Gasteiger charge is 2.32. The molecule has 5 atom stereocenters. The number of imidazole rings is 1. The molecule has 12 N–H and O–H groups in total. The number of aromatic nitrogens is 2. The zero-order chi connectivity index (χ0) is 28.8. The molecule has 0 radical (unpaired) electrons. The number of aromatic amines is 1. The van der Waals surface area contributed by atoms with Gasteiger partial charge in [-0.3, -0.25) is 24.2 Å². The maximum atomic E-state index is 13.1. The molecular weight excluding hydrogens is 502 g/mol. The van der Waals surface area contributed by atoms with Crippen molar-refractivity contribution in [2.45, 2.75) is 70.1 Å². The first-order valence-corrected chi connectivity index (χ1v) is 12.0. The Labute approximate surface area is 219 Å². The van der Waals surface area contributed by atoms with E-state index in [0.29, 0.717) is 12.1 Å². The van der Waals surface area contributed by atoms with Gasteiger partial charge in [-0.2, -0.15) is 0 Å². The van der Waals surface area contributed by atoms with Gasteiger partial charge >= 0.3 is 11.9 Å². The number of nitrogens with two attached hydrogens (primary N) is 3. The van der Waals surface area contributed by atoms with Crippen LogP contribution < -0.4 is 33.2 Å². The maximum Gasteiger partial charge on any atom is 0.326 e. The second kappa shape index (κ2) is 15.8. The van der Waals surface area contributed by atoms with Gasteiger partial charge in [-0.15, -0.1) is 0 Å². The number of carbonyl (C=O) groups excluding carboxylic acids is 3. The fourth-order valence-electron chi connectivity index (χ4n) is 3.30. The minimum atomic E-state index is -1.64. The molecular formula is C22H37N9O7. The fraction of sp³-hybridized carbons (Fsp3) is 0.591. The molecule has 0 aliphatic carbocycles. The second-order valence-corrected chi connectivity index (χ2v) is 8.76. The van der Waals surface area contributed by atoms with Crippen molar-refractivity contribution in [3.05, 3.63) is 18.2 Å². The summed E-state index contributed by atoms with van der Waals surface area (Å²) in [7, 11) is 0. The van der Waals surface area contributed by atoms with Crippen LogP contribution in [0.2, 0.25) is 0 Å². The number of aliphatic imine (C=N–C) groups is 1. The maximum absolute atomic E-state index is 13.1. The van der Waals surface area contributed by atoms with E-state index in [4.69, 9.17) is 17.2 Å². The van der Waals surface area contributed by atoms with Crippen LogP contribution in [0.25, 0.3) is 0 Å². The van der Waals surface area contributed by atoms with E-state index in [2.05, 4.69) is 30.9 Å². The fourth-order valence-corrected chi connectivity index (χ4v) is 3.30. The Balaban J connectivity index is 3.03. The number of H-pyrrole nitrogens is 1. The first-order chi connectivity index (χ1) is 17.8. The molecule has 0 spiro atoms. The molecule has 0 saturated carbocycles. The number of rotatable bonds is 17. The summed E-state index contributed by atoms with van der Waals surface area (Å²) in [6.45, 7) is 3.75. The smallest absolute Gasteiger partial charge is 0.326 e. The minimum absolute atomic E-state index is 0.0579. The van der Waals surface area contributed by atoms with Gasteiger partial charge in [0.15, 0.2) is 5.96 Å². The Morgan fingerprint density at radius 1 is 1.03 bits per heavy atom. The van der Waals surface area contributed by atoms with E-state index in [-0.39, 0.29) is 37.7 Å². The normalized spacial score (nSPS) is 14.7. The van der Waals surface area contributed by atoms with E-state index in [9.17, 15) is 34.2 Å². The summed E-state index contributed by atoms with van der Waals surface area (Å²) in [4.78, 5) is 72.0. The van der Waals surface area contributed by atoms with E-state index < -0.39 is 60.2 Å². The van der Waals surface area contributed by atoms with Gasteiger partial charge in [0.25, 0.3) is 0 Å². The lowest BCUT2D eigenvalue weighted by molar-refractivity contribution is -0.143. The summed E-state index contributed by atoms with van der Waals surface area (Å²) in [5.41, 5.74) is 16.9. The summed E-state index contributed by atoms with van der Waals surface area (Å²) < 4.78 is 0. The number of hydrogen-bond acceptors (Lipinski definition) is 8. The van der Waals surface area contributed by atoms with Crippen molar-refractivity contribution in [2.24, 2.45) is 28.1 Å². The van der Waals surface area contributed by atoms with Gasteiger partial charge < -0.3 is 48.3 Å². The van der Waals surface area contributed by atoms with E-state index >= 15 is 0 Å². The largest absolute Gasteiger partial charge is 0.481 e. The molecule has 1 aromatic rings. The van der Waals surface area contributed by atoms with Crippen molar-refractivity contribution in [1.29, 1.82) is 0 Å². The van der Waals surface area contributed by atoms with Crippen molar-refractivity contribution >= 4 is 35.6 Å². The van der Waals surface area contributed by atoms with Crippen molar-refractivity contribution in [3.8, 4) is 0 Å². The van der Waals surface area contributed by atoms with Crippen LogP contribution in [0.15, 0.2) is 17.5 Å². The Bertz CT molecular complexity index is 980. The van der Waals surface area contributed by atoms with Crippen molar-refractivity contribution < 1.29 is 34.2 Å². The number of guanidine groups is 1. The highest BCUT2D eigenvalue weighted by molar-refractivity contribution is 5.95. The zero-order valence-electron chi connectivity index (χ0n) is 21.3. The third kappa shape index (κ3) is 11.2. The molecule has 0 fully saturated rings. The highest BCUT2D eigenvalue weighted by atomic mass is 16.4. The lowest BCUT2D eigenvalue weighted by Gasteiger charge is -2.25. The van der Waals surface area contributed by atoms with Crippen LogP contribution in [-0.2, 0) is 30.4 Å². The predicted molar refractivity (Wildman–Crippen MR) is 135 cm³/mol. The van der Waals surface area contributed by atoms with Crippen molar-refractivity contribution in [1.82, 2.24) is 25.9 Å². The number of carboxylic acid groups (broad SMARTS) is 2. The van der Waals surface area contributed by atoms with Crippen molar-refractivity contribution in [2.75, 3.05) is 6.54 Å². The van der Waals surface area contributed by atoms with Crippen LogP contribution in [0.4, 0.5) is 0 Å². The number of nitrogens with one attached hydrogen (secondary N) is 4. The summed E-state index contributed by atoms with van der Waals surface area (Å²) >= 11 is 0. The number of amides is 3. The SMILES string of the molecule is CCC(C)C(N)C(=O)NC(Cc1cnc[nH]1)C(=O)NC(CC(=O)O)C(=O)NC(CCCN=C(N)N)C(=O)O. The van der Waals surface area contributed by atoms with Gasteiger partial charge in [-0.05, 0) is 18.8 Å². The quantitative estimate of drug-likeness (QED) is 0.0561. The first-order valence-electron chi connectivity index (χ1n) is 12.0. The molecule has 38 heavy (non-hydrogen) atoms. The lowest BCUT2D eigenvalue weighted by atomic mass is 9.98. The number of carbonyl (C=O) groups is 5. The monoisotopic (exact) mass is 539 g/mol. The van der Waals surface area contributed by atoms with Crippen LogP contribution in [0.5, 0.6) is 0 Å². The molecule has 5 unspecified atom stereocenters. The van der Waals surface area contributed by atoms with Crippen LogP contribution in [-0.4, -0.2) is 86.5 Å².